The minimum absolute atomic E-state index is 0.316. The van der Waals surface area contributed by atoms with Gasteiger partial charge in [-0.3, -0.25) is 9.69 Å². The lowest BCUT2D eigenvalue weighted by Crippen LogP contribution is -2.32. The van der Waals surface area contributed by atoms with Gasteiger partial charge in [-0.25, -0.2) is 4.98 Å². The van der Waals surface area contributed by atoms with E-state index in [-0.39, 0.29) is 0 Å². The van der Waals surface area contributed by atoms with Crippen molar-refractivity contribution in [2.24, 2.45) is 0 Å². The van der Waals surface area contributed by atoms with Gasteiger partial charge in [-0.05, 0) is 32.7 Å². The minimum Gasteiger partial charge on any atom is -0.337 e. The molecule has 0 radical (unpaired) electrons. The molecule has 1 atom stereocenters. The summed E-state index contributed by atoms with van der Waals surface area (Å²) >= 11 is 0. The molecular formula is C13H21N3O. The van der Waals surface area contributed by atoms with Gasteiger partial charge in [0, 0.05) is 37.9 Å². The average molecular weight is 235 g/mol. The highest BCUT2D eigenvalue weighted by molar-refractivity contribution is 5.76. The fourth-order valence-corrected chi connectivity index (χ4v) is 2.63. The van der Waals surface area contributed by atoms with Crippen molar-refractivity contribution in [1.29, 1.82) is 0 Å². The van der Waals surface area contributed by atoms with Crippen molar-refractivity contribution in [2.75, 3.05) is 13.1 Å². The van der Waals surface area contributed by atoms with Crippen molar-refractivity contribution >= 4 is 5.78 Å². The van der Waals surface area contributed by atoms with Gasteiger partial charge in [-0.1, -0.05) is 0 Å². The summed E-state index contributed by atoms with van der Waals surface area (Å²) in [6.45, 7) is 4.96. The van der Waals surface area contributed by atoms with E-state index in [4.69, 9.17) is 0 Å². The van der Waals surface area contributed by atoms with E-state index in [0.29, 0.717) is 11.8 Å². The van der Waals surface area contributed by atoms with Gasteiger partial charge in [0.05, 0.1) is 6.33 Å². The van der Waals surface area contributed by atoms with Crippen LogP contribution in [0.5, 0.6) is 0 Å². The third-order valence-electron chi connectivity index (χ3n) is 3.44. The third kappa shape index (κ3) is 3.66. The first-order chi connectivity index (χ1) is 8.25. The summed E-state index contributed by atoms with van der Waals surface area (Å²) in [5.74, 6) is 0.316. The smallest absolute Gasteiger partial charge is 0.131 e. The maximum Gasteiger partial charge on any atom is 0.131 e. The summed E-state index contributed by atoms with van der Waals surface area (Å²) in [5, 5.41) is 0. The fourth-order valence-electron chi connectivity index (χ4n) is 2.63. The molecule has 4 heteroatoms. The molecule has 0 N–H and O–H groups in total. The van der Waals surface area contributed by atoms with Crippen LogP contribution in [0.3, 0.4) is 0 Å². The van der Waals surface area contributed by atoms with Crippen LogP contribution < -0.4 is 0 Å². The molecule has 94 valence electrons. The molecule has 1 aliphatic rings. The van der Waals surface area contributed by atoms with Crippen molar-refractivity contribution in [2.45, 2.75) is 45.2 Å². The molecule has 1 aromatic heterocycles. The Labute approximate surface area is 103 Å². The van der Waals surface area contributed by atoms with Gasteiger partial charge in [0.2, 0.25) is 0 Å². The van der Waals surface area contributed by atoms with E-state index in [1.54, 1.807) is 6.92 Å². The van der Waals surface area contributed by atoms with Crippen LogP contribution in [0.1, 0.15) is 32.6 Å². The molecule has 0 aromatic carbocycles. The van der Waals surface area contributed by atoms with E-state index in [0.717, 1.165) is 32.5 Å². The van der Waals surface area contributed by atoms with Crippen LogP contribution in [0.25, 0.3) is 0 Å². The predicted molar refractivity (Wildman–Crippen MR) is 66.7 cm³/mol. The molecule has 2 rings (SSSR count). The van der Waals surface area contributed by atoms with Crippen LogP contribution in [-0.2, 0) is 11.3 Å². The third-order valence-corrected chi connectivity index (χ3v) is 3.44. The van der Waals surface area contributed by atoms with Crippen molar-refractivity contribution in [3.63, 3.8) is 0 Å². The zero-order valence-electron chi connectivity index (χ0n) is 10.5. The van der Waals surface area contributed by atoms with Crippen LogP contribution >= 0.6 is 0 Å². The van der Waals surface area contributed by atoms with E-state index in [1.807, 2.05) is 18.7 Å². The predicted octanol–water partition coefficient (Wildman–Crippen LogP) is 1.72. The topological polar surface area (TPSA) is 38.1 Å². The maximum absolute atomic E-state index is 11.2. The second kappa shape index (κ2) is 5.96. The number of aryl methyl sites for hydroxylation is 1. The van der Waals surface area contributed by atoms with Gasteiger partial charge in [0.1, 0.15) is 5.78 Å². The largest absolute Gasteiger partial charge is 0.337 e. The van der Waals surface area contributed by atoms with Gasteiger partial charge in [0.25, 0.3) is 0 Å². The Bertz CT molecular complexity index is 348. The van der Waals surface area contributed by atoms with Crippen molar-refractivity contribution in [1.82, 2.24) is 14.5 Å². The normalized spacial score (nSPS) is 20.9. The molecule has 0 aliphatic carbocycles. The number of likely N-dealkylation sites (tertiary alicyclic amines) is 1. The minimum atomic E-state index is 0.316. The van der Waals surface area contributed by atoms with Crippen LogP contribution in [0.15, 0.2) is 18.7 Å². The van der Waals surface area contributed by atoms with Crippen LogP contribution in [-0.4, -0.2) is 39.4 Å². The summed E-state index contributed by atoms with van der Waals surface area (Å²) in [6.07, 6.45) is 9.95. The van der Waals surface area contributed by atoms with E-state index < -0.39 is 0 Å². The molecular weight excluding hydrogens is 214 g/mol. The number of carbonyl (C=O) groups excluding carboxylic acids is 1. The SMILES string of the molecule is CC(=O)CC1CCCN1CCCn1ccnc1. The molecule has 1 aliphatic heterocycles. The first kappa shape index (κ1) is 12.3. The number of Topliss-reactive ketones (excluding diaryl/α,β-unsaturated/α-hetero) is 1. The van der Waals surface area contributed by atoms with Gasteiger partial charge < -0.3 is 4.57 Å². The van der Waals surface area contributed by atoms with Gasteiger partial charge >= 0.3 is 0 Å². The quantitative estimate of drug-likeness (QED) is 0.753. The van der Waals surface area contributed by atoms with Gasteiger partial charge in [-0.2, -0.15) is 0 Å². The maximum atomic E-state index is 11.2. The first-order valence-corrected chi connectivity index (χ1v) is 6.45. The Morgan fingerprint density at radius 3 is 3.06 bits per heavy atom. The average Bonchev–Trinajstić information content (AvgIpc) is 2.90. The van der Waals surface area contributed by atoms with Crippen LogP contribution in [0, 0.1) is 0 Å². The molecule has 1 fully saturated rings. The summed E-state index contributed by atoms with van der Waals surface area (Å²) in [6, 6.07) is 0.496. The number of carbonyl (C=O) groups is 1. The summed E-state index contributed by atoms with van der Waals surface area (Å²) in [4.78, 5) is 17.7. The molecule has 0 spiro atoms. The molecule has 2 heterocycles. The summed E-state index contributed by atoms with van der Waals surface area (Å²) < 4.78 is 2.11. The lowest BCUT2D eigenvalue weighted by molar-refractivity contribution is -0.118. The highest BCUT2D eigenvalue weighted by atomic mass is 16.1. The molecule has 0 bridgehead atoms. The van der Waals surface area contributed by atoms with Crippen LogP contribution in [0.2, 0.25) is 0 Å². The second-order valence-electron chi connectivity index (χ2n) is 4.89. The number of imidazole rings is 1. The highest BCUT2D eigenvalue weighted by Crippen LogP contribution is 2.20. The molecule has 0 saturated carbocycles. The molecule has 4 nitrogen and oxygen atoms in total. The van der Waals surface area contributed by atoms with Crippen molar-refractivity contribution < 1.29 is 4.79 Å². The Hall–Kier alpha value is -1.16. The monoisotopic (exact) mass is 235 g/mol. The van der Waals surface area contributed by atoms with E-state index >= 15 is 0 Å². The Morgan fingerprint density at radius 1 is 1.47 bits per heavy atom. The van der Waals surface area contributed by atoms with Gasteiger partial charge in [-0.15, -0.1) is 0 Å². The van der Waals surface area contributed by atoms with E-state index in [2.05, 4.69) is 14.5 Å². The lowest BCUT2D eigenvalue weighted by Gasteiger charge is -2.23. The Kier molecular flexibility index (Phi) is 4.31. The summed E-state index contributed by atoms with van der Waals surface area (Å²) in [5.41, 5.74) is 0. The lowest BCUT2D eigenvalue weighted by atomic mass is 10.1. The van der Waals surface area contributed by atoms with E-state index in [1.165, 1.54) is 12.8 Å². The number of hydrogen-bond donors (Lipinski definition) is 0. The molecule has 1 unspecified atom stereocenters. The number of nitrogens with zero attached hydrogens (tertiary/aromatic N) is 3. The number of ketones is 1. The standard InChI is InChI=1S/C13H21N3O/c1-12(17)10-13-4-2-7-16(13)8-3-6-15-9-5-14-11-15/h5,9,11,13H,2-4,6-8,10H2,1H3. The highest BCUT2D eigenvalue weighted by Gasteiger charge is 2.24. The van der Waals surface area contributed by atoms with Gasteiger partial charge in [0.15, 0.2) is 0 Å². The molecule has 0 amide bonds. The van der Waals surface area contributed by atoms with Crippen LogP contribution in [0.4, 0.5) is 0 Å². The molecule has 17 heavy (non-hydrogen) atoms. The van der Waals surface area contributed by atoms with Crippen molar-refractivity contribution in [3.8, 4) is 0 Å². The van der Waals surface area contributed by atoms with E-state index in [9.17, 15) is 4.79 Å². The zero-order valence-corrected chi connectivity index (χ0v) is 10.5. The molecule has 1 saturated heterocycles. The first-order valence-electron chi connectivity index (χ1n) is 6.45. The Morgan fingerprint density at radius 2 is 2.35 bits per heavy atom. The Balaban J connectivity index is 1.72. The number of aromatic nitrogens is 2. The fraction of sp³-hybridized carbons (Fsp3) is 0.692. The molecule has 1 aromatic rings. The summed E-state index contributed by atoms with van der Waals surface area (Å²) in [7, 11) is 0. The number of hydrogen-bond acceptors (Lipinski definition) is 3. The second-order valence-corrected chi connectivity index (χ2v) is 4.89. The van der Waals surface area contributed by atoms with Crippen molar-refractivity contribution in [3.05, 3.63) is 18.7 Å². The zero-order chi connectivity index (χ0) is 12.1. The number of rotatable bonds is 6.